The Labute approximate surface area is 138 Å². The predicted octanol–water partition coefficient (Wildman–Crippen LogP) is 2.65. The Bertz CT molecular complexity index is 679. The number of carbonyl (C=O) groups excluding carboxylic acids is 1. The normalized spacial score (nSPS) is 11.5. The van der Waals surface area contributed by atoms with Crippen molar-refractivity contribution in [2.24, 2.45) is 10.3 Å². The molecule has 1 aromatic carbocycles. The van der Waals surface area contributed by atoms with Gasteiger partial charge in [0.05, 0.1) is 23.9 Å². The zero-order valence-corrected chi connectivity index (χ0v) is 13.7. The van der Waals surface area contributed by atoms with Crippen LogP contribution in [0.2, 0.25) is 0 Å². The molecule has 0 saturated heterocycles. The van der Waals surface area contributed by atoms with Gasteiger partial charge in [0, 0.05) is 0 Å². The first kappa shape index (κ1) is 16.7. The average molecular weight is 331 g/mol. The SMILES string of the molecule is COc1ccc(/C=N/NC(=O)CO/N=C(\C)c2cccs2)cc1. The number of methoxy groups -OCH3 is 1. The maximum Gasteiger partial charge on any atom is 0.280 e. The largest absolute Gasteiger partial charge is 0.497 e. The third kappa shape index (κ3) is 5.55. The number of hydrogen-bond donors (Lipinski definition) is 1. The summed E-state index contributed by atoms with van der Waals surface area (Å²) in [6, 6.07) is 11.2. The molecular weight excluding hydrogens is 314 g/mol. The molecule has 0 atom stereocenters. The van der Waals surface area contributed by atoms with Gasteiger partial charge in [-0.2, -0.15) is 5.10 Å². The Balaban J connectivity index is 1.74. The van der Waals surface area contributed by atoms with Gasteiger partial charge in [0.25, 0.3) is 5.91 Å². The second-order valence-electron chi connectivity index (χ2n) is 4.49. The van der Waals surface area contributed by atoms with Crippen LogP contribution in [0.25, 0.3) is 0 Å². The Morgan fingerprint density at radius 2 is 2.09 bits per heavy atom. The maximum absolute atomic E-state index is 11.6. The van der Waals surface area contributed by atoms with Crippen LogP contribution < -0.4 is 10.2 Å². The third-order valence-corrected chi connectivity index (χ3v) is 3.77. The van der Waals surface area contributed by atoms with Gasteiger partial charge in [-0.25, -0.2) is 5.43 Å². The van der Waals surface area contributed by atoms with Gasteiger partial charge < -0.3 is 9.57 Å². The van der Waals surface area contributed by atoms with Crippen molar-refractivity contribution in [1.82, 2.24) is 5.43 Å². The molecule has 0 radical (unpaired) electrons. The minimum atomic E-state index is -0.377. The number of oxime groups is 1. The smallest absolute Gasteiger partial charge is 0.280 e. The van der Waals surface area contributed by atoms with E-state index in [4.69, 9.17) is 9.57 Å². The van der Waals surface area contributed by atoms with Crippen molar-refractivity contribution in [3.63, 3.8) is 0 Å². The number of thiophene rings is 1. The zero-order chi connectivity index (χ0) is 16.5. The van der Waals surface area contributed by atoms with E-state index >= 15 is 0 Å². The van der Waals surface area contributed by atoms with Crippen molar-refractivity contribution in [1.29, 1.82) is 0 Å². The highest BCUT2D eigenvalue weighted by molar-refractivity contribution is 7.12. The fourth-order valence-corrected chi connectivity index (χ4v) is 2.29. The summed E-state index contributed by atoms with van der Waals surface area (Å²) in [6.45, 7) is 1.63. The van der Waals surface area contributed by atoms with Gasteiger partial charge in [0.1, 0.15) is 5.75 Å². The molecule has 0 aliphatic heterocycles. The zero-order valence-electron chi connectivity index (χ0n) is 12.9. The molecular formula is C16H17N3O3S. The van der Waals surface area contributed by atoms with Crippen LogP contribution in [0.5, 0.6) is 5.75 Å². The first-order valence-electron chi connectivity index (χ1n) is 6.85. The van der Waals surface area contributed by atoms with E-state index in [9.17, 15) is 4.79 Å². The van der Waals surface area contributed by atoms with Gasteiger partial charge in [-0.3, -0.25) is 4.79 Å². The lowest BCUT2D eigenvalue weighted by molar-refractivity contribution is -0.125. The summed E-state index contributed by atoms with van der Waals surface area (Å²) in [7, 11) is 1.60. The van der Waals surface area contributed by atoms with Crippen LogP contribution in [0.1, 0.15) is 17.4 Å². The summed E-state index contributed by atoms with van der Waals surface area (Å²) >= 11 is 1.56. The average Bonchev–Trinajstić information content (AvgIpc) is 3.10. The molecule has 6 nitrogen and oxygen atoms in total. The molecule has 0 fully saturated rings. The quantitative estimate of drug-likeness (QED) is 0.626. The molecule has 23 heavy (non-hydrogen) atoms. The summed E-state index contributed by atoms with van der Waals surface area (Å²) < 4.78 is 5.06. The number of ether oxygens (including phenoxy) is 1. The molecule has 2 aromatic rings. The molecule has 1 amide bonds. The van der Waals surface area contributed by atoms with Gasteiger partial charge in [-0.1, -0.05) is 11.2 Å². The summed E-state index contributed by atoms with van der Waals surface area (Å²) in [5.41, 5.74) is 3.95. The van der Waals surface area contributed by atoms with Crippen molar-refractivity contribution in [2.45, 2.75) is 6.92 Å². The minimum absolute atomic E-state index is 0.192. The summed E-state index contributed by atoms with van der Waals surface area (Å²) in [5, 5.41) is 9.70. The molecule has 2 rings (SSSR count). The van der Waals surface area contributed by atoms with E-state index in [1.807, 2.05) is 48.7 Å². The van der Waals surface area contributed by atoms with Crippen LogP contribution in [0, 0.1) is 0 Å². The second kappa shape index (κ2) is 8.70. The van der Waals surface area contributed by atoms with Crippen molar-refractivity contribution in [3.8, 4) is 5.75 Å². The van der Waals surface area contributed by atoms with E-state index in [0.29, 0.717) is 0 Å². The number of hydrogen-bond acceptors (Lipinski definition) is 6. The van der Waals surface area contributed by atoms with Gasteiger partial charge in [0.15, 0.2) is 6.61 Å². The van der Waals surface area contributed by atoms with Crippen LogP contribution in [-0.2, 0) is 9.63 Å². The topological polar surface area (TPSA) is 72.3 Å². The molecule has 1 N–H and O–H groups in total. The first-order valence-corrected chi connectivity index (χ1v) is 7.73. The van der Waals surface area contributed by atoms with Crippen LogP contribution in [0.3, 0.4) is 0 Å². The summed E-state index contributed by atoms with van der Waals surface area (Å²) in [4.78, 5) is 17.6. The number of nitrogens with zero attached hydrogens (tertiary/aromatic N) is 2. The van der Waals surface area contributed by atoms with Crippen molar-refractivity contribution >= 4 is 29.2 Å². The number of benzene rings is 1. The highest BCUT2D eigenvalue weighted by atomic mass is 32.1. The molecule has 0 bridgehead atoms. The molecule has 0 aliphatic rings. The maximum atomic E-state index is 11.6. The number of hydrazone groups is 1. The van der Waals surface area contributed by atoms with Gasteiger partial charge in [-0.05, 0) is 48.2 Å². The molecule has 1 aromatic heterocycles. The molecule has 0 spiro atoms. The lowest BCUT2D eigenvalue weighted by atomic mass is 10.2. The summed E-state index contributed by atoms with van der Waals surface area (Å²) in [5.74, 6) is 0.385. The highest BCUT2D eigenvalue weighted by Gasteiger charge is 2.01. The minimum Gasteiger partial charge on any atom is -0.497 e. The van der Waals surface area contributed by atoms with Gasteiger partial charge in [0.2, 0.25) is 0 Å². The van der Waals surface area contributed by atoms with E-state index < -0.39 is 0 Å². The van der Waals surface area contributed by atoms with E-state index in [2.05, 4.69) is 15.7 Å². The van der Waals surface area contributed by atoms with E-state index in [1.165, 1.54) is 6.21 Å². The van der Waals surface area contributed by atoms with E-state index in [-0.39, 0.29) is 12.5 Å². The summed E-state index contributed by atoms with van der Waals surface area (Å²) in [6.07, 6.45) is 1.54. The molecule has 0 saturated carbocycles. The lowest BCUT2D eigenvalue weighted by Crippen LogP contribution is -2.22. The van der Waals surface area contributed by atoms with Crippen molar-refractivity contribution in [3.05, 3.63) is 52.2 Å². The molecule has 0 unspecified atom stereocenters. The third-order valence-electron chi connectivity index (χ3n) is 2.79. The first-order chi connectivity index (χ1) is 11.2. The van der Waals surface area contributed by atoms with E-state index in [0.717, 1.165) is 21.9 Å². The number of rotatable bonds is 7. The molecule has 7 heteroatoms. The van der Waals surface area contributed by atoms with Crippen LogP contribution in [-0.4, -0.2) is 31.6 Å². The van der Waals surface area contributed by atoms with Crippen molar-refractivity contribution < 1.29 is 14.4 Å². The van der Waals surface area contributed by atoms with Gasteiger partial charge >= 0.3 is 0 Å². The van der Waals surface area contributed by atoms with Crippen LogP contribution in [0.4, 0.5) is 0 Å². The Morgan fingerprint density at radius 1 is 1.30 bits per heavy atom. The second-order valence-corrected chi connectivity index (χ2v) is 5.44. The van der Waals surface area contributed by atoms with E-state index in [1.54, 1.807) is 18.4 Å². The number of amides is 1. The predicted molar refractivity (Wildman–Crippen MR) is 91.2 cm³/mol. The lowest BCUT2D eigenvalue weighted by Gasteiger charge is -2.01. The fourth-order valence-electron chi connectivity index (χ4n) is 1.62. The molecule has 120 valence electrons. The Kier molecular flexibility index (Phi) is 6.31. The molecule has 1 heterocycles. The van der Waals surface area contributed by atoms with Crippen molar-refractivity contribution in [2.75, 3.05) is 13.7 Å². The Hall–Kier alpha value is -2.67. The van der Waals surface area contributed by atoms with Gasteiger partial charge in [-0.15, -0.1) is 11.3 Å². The highest BCUT2D eigenvalue weighted by Crippen LogP contribution is 2.10. The number of carbonyl (C=O) groups is 1. The monoisotopic (exact) mass is 331 g/mol. The standard InChI is InChI=1S/C16H17N3O3S/c1-12(15-4-3-9-23-15)19-22-11-16(20)18-17-10-13-5-7-14(21-2)8-6-13/h3-10H,11H2,1-2H3,(H,18,20)/b17-10+,19-12+. The Morgan fingerprint density at radius 3 is 2.74 bits per heavy atom. The van der Waals surface area contributed by atoms with Crippen LogP contribution >= 0.6 is 11.3 Å². The van der Waals surface area contributed by atoms with Crippen LogP contribution in [0.15, 0.2) is 52.0 Å². The fraction of sp³-hybridized carbons (Fsp3) is 0.188. The number of nitrogens with one attached hydrogen (secondary N) is 1. The molecule has 0 aliphatic carbocycles.